The summed E-state index contributed by atoms with van der Waals surface area (Å²) in [5.41, 5.74) is 6.57. The molecular formula is C29H36Cl2NOPTi. The van der Waals surface area contributed by atoms with Crippen LogP contribution in [0.1, 0.15) is 69.4 Å². The second-order valence-corrected chi connectivity index (χ2v) is 14.4. The molecular weight excluding hydrogens is 528 g/mol. The topological polar surface area (TPSA) is 32.6 Å². The van der Waals surface area contributed by atoms with Crippen molar-refractivity contribution < 1.29 is 22.1 Å². The van der Waals surface area contributed by atoms with Gasteiger partial charge in [0.2, 0.25) is 0 Å². The van der Waals surface area contributed by atoms with Crippen LogP contribution in [0.2, 0.25) is 0 Å². The van der Waals surface area contributed by atoms with Gasteiger partial charge in [-0.3, -0.25) is 4.99 Å². The van der Waals surface area contributed by atoms with Crippen LogP contribution in [-0.2, 0) is 27.9 Å². The van der Waals surface area contributed by atoms with Crippen molar-refractivity contribution in [2.24, 2.45) is 4.99 Å². The van der Waals surface area contributed by atoms with Crippen LogP contribution in [0.15, 0.2) is 65.7 Å². The molecule has 186 valence electrons. The summed E-state index contributed by atoms with van der Waals surface area (Å²) in [6.07, 6.45) is 0. The summed E-state index contributed by atoms with van der Waals surface area (Å²) >= 11 is -0.556. The summed E-state index contributed by atoms with van der Waals surface area (Å²) in [6.45, 7) is 15.3. The molecule has 0 aliphatic heterocycles. The third kappa shape index (κ3) is 7.92. The van der Waals surface area contributed by atoms with Crippen LogP contribution in [0.4, 0.5) is 0 Å². The molecule has 1 unspecified atom stereocenters. The van der Waals surface area contributed by atoms with E-state index in [9.17, 15) is 5.11 Å². The Bertz CT molecular complexity index is 1170. The van der Waals surface area contributed by atoms with Gasteiger partial charge in [-0.05, 0) is 40.3 Å². The van der Waals surface area contributed by atoms with E-state index in [1.165, 1.54) is 16.4 Å². The summed E-state index contributed by atoms with van der Waals surface area (Å²) in [4.78, 5) is 4.67. The van der Waals surface area contributed by atoms with E-state index in [1.807, 2.05) is 25.2 Å². The minimum absolute atomic E-state index is 0.00156. The average Bonchev–Trinajstić information content (AvgIpc) is 2.77. The van der Waals surface area contributed by atoms with E-state index < -0.39 is 17.0 Å². The van der Waals surface area contributed by atoms with E-state index in [-0.39, 0.29) is 10.8 Å². The fourth-order valence-electron chi connectivity index (χ4n) is 3.90. The van der Waals surface area contributed by atoms with Crippen LogP contribution < -0.4 is 10.6 Å². The molecule has 3 aromatic rings. The molecule has 0 amide bonds. The van der Waals surface area contributed by atoms with Crippen molar-refractivity contribution in [3.05, 3.63) is 88.5 Å². The van der Waals surface area contributed by atoms with Gasteiger partial charge in [0.25, 0.3) is 0 Å². The third-order valence-corrected chi connectivity index (χ3v) is 7.41. The Labute approximate surface area is 230 Å². The molecule has 0 saturated carbocycles. The molecule has 0 saturated heterocycles. The zero-order valence-corrected chi connectivity index (χ0v) is 26.0. The number of benzene rings is 3. The molecule has 0 spiro atoms. The quantitative estimate of drug-likeness (QED) is 0.196. The number of hydrogen-bond donors (Lipinski definition) is 1. The van der Waals surface area contributed by atoms with E-state index in [0.717, 1.165) is 27.7 Å². The van der Waals surface area contributed by atoms with Crippen molar-refractivity contribution in [1.82, 2.24) is 0 Å². The first-order valence-corrected chi connectivity index (χ1v) is 16.9. The molecule has 0 radical (unpaired) electrons. The van der Waals surface area contributed by atoms with Crippen LogP contribution in [0.5, 0.6) is 5.75 Å². The Morgan fingerprint density at radius 3 is 2.00 bits per heavy atom. The normalized spacial score (nSPS) is 12.5. The predicted octanol–water partition coefficient (Wildman–Crippen LogP) is 7.77. The Kier molecular flexibility index (Phi) is 11.1. The standard InChI is InChI=1S/C29H36NOP.2ClH.Ti/c1-19-13-12-16-22(25(30-8)20-14-10-9-11-15-20)27(19)32-24-18-21(28(2,3)4)17-23(26(24)31)29(5,6)7;;;/h9-18,31-32H,1-8H3;2*1H;/q;;;+2/p-2. The van der Waals surface area contributed by atoms with Crippen LogP contribution in [0.3, 0.4) is 0 Å². The first-order chi connectivity index (χ1) is 16.3. The van der Waals surface area contributed by atoms with Crippen molar-refractivity contribution in [2.75, 3.05) is 7.05 Å². The zero-order chi connectivity index (χ0) is 26.4. The number of phenolic OH excluding ortho intramolecular Hbond substituents is 1. The number of aromatic hydroxyl groups is 1. The Hall–Kier alpha value is -1.15. The summed E-state index contributed by atoms with van der Waals surface area (Å²) < 4.78 is 0. The molecule has 3 aromatic carbocycles. The van der Waals surface area contributed by atoms with E-state index in [4.69, 9.17) is 18.6 Å². The molecule has 0 aliphatic carbocycles. The van der Waals surface area contributed by atoms with Crippen molar-refractivity contribution in [2.45, 2.75) is 59.3 Å². The number of hydrogen-bond acceptors (Lipinski definition) is 2. The molecule has 0 heterocycles. The van der Waals surface area contributed by atoms with Gasteiger partial charge in [-0.1, -0.05) is 105 Å². The number of aryl methyl sites for hydroxylation is 1. The third-order valence-electron chi connectivity index (χ3n) is 5.84. The van der Waals surface area contributed by atoms with E-state index >= 15 is 0 Å². The molecule has 2 nitrogen and oxygen atoms in total. The number of rotatable bonds is 4. The van der Waals surface area contributed by atoms with Gasteiger partial charge in [-0.15, -0.1) is 0 Å². The summed E-state index contributed by atoms with van der Waals surface area (Å²) in [7, 11) is 12.0. The van der Waals surface area contributed by atoms with Crippen LogP contribution in [0, 0.1) is 6.92 Å². The Morgan fingerprint density at radius 1 is 0.886 bits per heavy atom. The van der Waals surface area contributed by atoms with Gasteiger partial charge < -0.3 is 5.11 Å². The van der Waals surface area contributed by atoms with Gasteiger partial charge in [-0.25, -0.2) is 0 Å². The van der Waals surface area contributed by atoms with Crippen molar-refractivity contribution in [1.29, 1.82) is 0 Å². The summed E-state index contributed by atoms with van der Waals surface area (Å²) in [6, 6.07) is 21.1. The number of aliphatic imine (C=N–C) groups is 1. The zero-order valence-electron chi connectivity index (χ0n) is 21.9. The second-order valence-electron chi connectivity index (χ2n) is 10.6. The Balaban J connectivity index is 0.00000137. The van der Waals surface area contributed by atoms with Gasteiger partial charge in [0, 0.05) is 29.0 Å². The molecule has 0 aliphatic rings. The van der Waals surface area contributed by atoms with E-state index in [0.29, 0.717) is 14.3 Å². The minimum atomic E-state index is -0.556. The molecule has 1 N–H and O–H groups in total. The molecule has 0 fully saturated rings. The van der Waals surface area contributed by atoms with Gasteiger partial charge >= 0.3 is 35.6 Å². The van der Waals surface area contributed by atoms with Gasteiger partial charge in [0.15, 0.2) is 0 Å². The monoisotopic (exact) mass is 563 g/mol. The van der Waals surface area contributed by atoms with Gasteiger partial charge in [0.1, 0.15) is 5.75 Å². The maximum absolute atomic E-state index is 11.3. The van der Waals surface area contributed by atoms with Gasteiger partial charge in [0.05, 0.1) is 5.71 Å². The fourth-order valence-corrected chi connectivity index (χ4v) is 5.27. The van der Waals surface area contributed by atoms with Crippen LogP contribution >= 0.6 is 27.2 Å². The van der Waals surface area contributed by atoms with Crippen molar-refractivity contribution >= 4 is 43.5 Å². The van der Waals surface area contributed by atoms with Gasteiger partial charge in [-0.2, -0.15) is 0 Å². The van der Waals surface area contributed by atoms with E-state index in [2.05, 4.69) is 95.9 Å². The molecule has 3 rings (SSSR count). The van der Waals surface area contributed by atoms with Crippen molar-refractivity contribution in [3.63, 3.8) is 0 Å². The number of nitrogens with zero attached hydrogens (tertiary/aromatic N) is 1. The predicted molar refractivity (Wildman–Crippen MR) is 154 cm³/mol. The maximum atomic E-state index is 11.3. The molecule has 1 atom stereocenters. The Morgan fingerprint density at radius 2 is 1.49 bits per heavy atom. The molecule has 0 bridgehead atoms. The van der Waals surface area contributed by atoms with Crippen molar-refractivity contribution in [3.8, 4) is 5.75 Å². The van der Waals surface area contributed by atoms with Crippen LogP contribution in [-0.4, -0.2) is 17.9 Å². The second kappa shape index (κ2) is 12.9. The fraction of sp³-hybridized carbons (Fsp3) is 0.345. The molecule has 0 aromatic heterocycles. The molecule has 6 heteroatoms. The van der Waals surface area contributed by atoms with E-state index in [1.54, 1.807) is 0 Å². The molecule has 35 heavy (non-hydrogen) atoms. The SMILES string of the molecule is CN=C(c1ccccc1)c1cccc(C)c1Pc1cc(C(C)(C)C)cc(C(C)(C)C)c1O.[Cl][Ti][Cl]. The summed E-state index contributed by atoms with van der Waals surface area (Å²) in [5, 5.41) is 13.6. The average molecular weight is 564 g/mol. The summed E-state index contributed by atoms with van der Waals surface area (Å²) in [5.74, 6) is 0.424. The first-order valence-electron chi connectivity index (χ1n) is 11.6. The van der Waals surface area contributed by atoms with Crippen LogP contribution in [0.25, 0.3) is 0 Å². The number of halogens is 2. The number of phenols is 1. The first kappa shape index (κ1) is 30.1.